The first-order valence-electron chi connectivity index (χ1n) is 21.7. The van der Waals surface area contributed by atoms with Crippen LogP contribution in [0.1, 0.15) is 82.0 Å². The maximum Gasteiger partial charge on any atom is -1.00 e. The minimum atomic E-state index is -3.17. The molecule has 2 unspecified atom stereocenters. The largest absolute Gasteiger partial charge is 1.00 e. The molecule has 59 heavy (non-hydrogen) atoms. The van der Waals surface area contributed by atoms with Gasteiger partial charge >= 0.3 is 345 Å². The molecule has 2 aliphatic carbocycles. The summed E-state index contributed by atoms with van der Waals surface area (Å²) in [5.41, 5.74) is 15.6. The third-order valence-electron chi connectivity index (χ3n) is 14.0. The molecular weight excluding hydrogens is 922 g/mol. The molecule has 0 amide bonds. The van der Waals surface area contributed by atoms with Crippen LogP contribution in [0.4, 0.5) is 0 Å². The Kier molecular flexibility index (Phi) is 11.1. The van der Waals surface area contributed by atoms with Crippen LogP contribution in [-0.2, 0) is 20.0 Å². The SMILES string of the molecule is CCCCC1=Cc2c(-c3c4ccccc4cc4ccccc34)cccc2[CH]1[Hf+2]1([CH]2C(CCCC)=Cc3c(-c4c5ccccc5cc5ccccc45)cccc32)[CH2][CH2]1.[Cl-].[Cl-]. The van der Waals surface area contributed by atoms with Gasteiger partial charge in [-0.2, -0.15) is 0 Å². The van der Waals surface area contributed by atoms with Crippen molar-refractivity contribution in [1.29, 1.82) is 0 Å². The average Bonchev–Trinajstić information content (AvgIpc) is 3.79. The van der Waals surface area contributed by atoms with Crippen molar-refractivity contribution in [3.63, 3.8) is 0 Å². The first-order valence-corrected chi connectivity index (χ1v) is 30.9. The molecule has 1 heterocycles. The maximum atomic E-state index is 2.73. The van der Waals surface area contributed by atoms with E-state index in [1.165, 1.54) is 123 Å². The summed E-state index contributed by atoms with van der Waals surface area (Å²) in [6.45, 7) is 4.75. The van der Waals surface area contributed by atoms with Gasteiger partial charge in [0.25, 0.3) is 0 Å². The second kappa shape index (κ2) is 16.3. The fourth-order valence-electron chi connectivity index (χ4n) is 11.4. The van der Waals surface area contributed by atoms with Gasteiger partial charge in [-0.25, -0.2) is 0 Å². The van der Waals surface area contributed by atoms with Gasteiger partial charge in [0.2, 0.25) is 0 Å². The summed E-state index contributed by atoms with van der Waals surface area (Å²) in [6.07, 6.45) is 12.9. The van der Waals surface area contributed by atoms with E-state index < -0.39 is 20.0 Å². The molecule has 3 aliphatic rings. The van der Waals surface area contributed by atoms with Gasteiger partial charge in [0, 0.05) is 0 Å². The molecule has 0 spiro atoms. The van der Waals surface area contributed by atoms with E-state index in [1.54, 1.807) is 22.3 Å². The Bertz CT molecular complexity index is 2660. The monoisotopic (exact) mass is 972 g/mol. The molecule has 1 fully saturated rings. The van der Waals surface area contributed by atoms with E-state index >= 15 is 0 Å². The minimum Gasteiger partial charge on any atom is -1.00 e. The fraction of sp³-hybridized carbons (Fsp3) is 0.214. The van der Waals surface area contributed by atoms with E-state index in [0.717, 1.165) is 0 Å². The number of benzene rings is 8. The van der Waals surface area contributed by atoms with Crippen LogP contribution >= 0.6 is 0 Å². The van der Waals surface area contributed by atoms with E-state index in [4.69, 9.17) is 0 Å². The second-order valence-corrected chi connectivity index (χ2v) is 33.9. The average molecular weight is 972 g/mol. The molecular formula is C56H50Cl2Hf. The first kappa shape index (κ1) is 40.2. The van der Waals surface area contributed by atoms with E-state index in [-0.39, 0.29) is 24.8 Å². The van der Waals surface area contributed by atoms with Crippen molar-refractivity contribution in [2.45, 2.75) is 68.1 Å². The third kappa shape index (κ3) is 6.50. The predicted octanol–water partition coefficient (Wildman–Crippen LogP) is 10.6. The third-order valence-corrected chi connectivity index (χ3v) is 33.1. The number of unbranched alkanes of at least 4 members (excludes halogenated alkanes) is 2. The molecule has 2 atom stereocenters. The number of halogens is 2. The summed E-state index contributed by atoms with van der Waals surface area (Å²) in [5.74, 6) is 0. The van der Waals surface area contributed by atoms with Gasteiger partial charge in [-0.05, 0) is 0 Å². The van der Waals surface area contributed by atoms with E-state index in [1.807, 2.05) is 0 Å². The van der Waals surface area contributed by atoms with Crippen LogP contribution in [0.25, 0.3) is 77.5 Å². The van der Waals surface area contributed by atoms with Gasteiger partial charge < -0.3 is 24.8 Å². The Balaban J connectivity index is 0.00000224. The first-order chi connectivity index (χ1) is 28.2. The molecule has 11 rings (SSSR count). The summed E-state index contributed by atoms with van der Waals surface area (Å²) in [5, 5.41) is 10.8. The van der Waals surface area contributed by atoms with Crippen LogP contribution in [-0.4, -0.2) is 0 Å². The summed E-state index contributed by atoms with van der Waals surface area (Å²) >= 11 is -3.17. The van der Waals surface area contributed by atoms with Crippen molar-refractivity contribution in [2.75, 3.05) is 0 Å². The zero-order chi connectivity index (χ0) is 38.1. The number of rotatable bonds is 10. The van der Waals surface area contributed by atoms with E-state index in [0.29, 0.717) is 7.35 Å². The van der Waals surface area contributed by atoms with Crippen LogP contribution in [0, 0.1) is 0 Å². The Morgan fingerprint density at radius 3 is 1.14 bits per heavy atom. The summed E-state index contributed by atoms with van der Waals surface area (Å²) in [7, 11) is 0. The number of allylic oxidation sites excluding steroid dienone is 2. The van der Waals surface area contributed by atoms with Crippen molar-refractivity contribution in [3.8, 4) is 22.3 Å². The van der Waals surface area contributed by atoms with Gasteiger partial charge in [0.05, 0.1) is 0 Å². The second-order valence-electron chi connectivity index (χ2n) is 17.2. The zero-order valence-corrected chi connectivity index (χ0v) is 39.2. The molecule has 1 saturated heterocycles. The Hall–Kier alpha value is -4.27. The number of hydrogen-bond donors (Lipinski definition) is 0. The topological polar surface area (TPSA) is 0 Å². The number of fused-ring (bicyclic) bond motifs is 6. The molecule has 8 aromatic rings. The molecule has 1 aliphatic heterocycles. The van der Waals surface area contributed by atoms with E-state index in [2.05, 4.69) is 172 Å². The van der Waals surface area contributed by atoms with Crippen LogP contribution < -0.4 is 24.8 Å². The fourth-order valence-corrected chi connectivity index (χ4v) is 39.5. The molecule has 3 heteroatoms. The van der Waals surface area contributed by atoms with Crippen molar-refractivity contribution >= 4 is 55.2 Å². The maximum absolute atomic E-state index is 3.17. The quantitative estimate of drug-likeness (QED) is 0.0947. The molecule has 8 aromatic carbocycles. The van der Waals surface area contributed by atoms with Gasteiger partial charge in [0.15, 0.2) is 0 Å². The standard InChI is InChI=1S/2C27H23.C2H4.2ClH.Hf/c2*1-2-3-9-19-16-20-12-8-15-25(26(20)17-19)27-23-13-6-4-10-21(23)18-22-11-5-7-14-24(22)27;1-2;;;/h2*4-8,10-18H,2-3,9H2,1H3;1-2H2;2*1H;/q;;;;;+2/p-2. The predicted molar refractivity (Wildman–Crippen MR) is 244 cm³/mol. The minimum absolute atomic E-state index is 0. The van der Waals surface area contributed by atoms with Gasteiger partial charge in [-0.3, -0.25) is 0 Å². The van der Waals surface area contributed by atoms with Crippen molar-refractivity contribution in [1.82, 2.24) is 0 Å². The van der Waals surface area contributed by atoms with Gasteiger partial charge in [-0.15, -0.1) is 0 Å². The molecule has 0 aromatic heterocycles. The van der Waals surface area contributed by atoms with Crippen molar-refractivity contribution in [2.24, 2.45) is 0 Å². The molecule has 0 saturated carbocycles. The summed E-state index contributed by atoms with van der Waals surface area (Å²) in [4.78, 5) is 0. The molecule has 0 bridgehead atoms. The van der Waals surface area contributed by atoms with Crippen LogP contribution in [0.2, 0.25) is 8.35 Å². The Morgan fingerprint density at radius 1 is 0.441 bits per heavy atom. The normalized spacial score (nSPS) is 16.8. The van der Waals surface area contributed by atoms with Crippen molar-refractivity contribution in [3.05, 3.63) is 179 Å². The van der Waals surface area contributed by atoms with Crippen molar-refractivity contribution < 1.29 is 44.8 Å². The smallest absolute Gasteiger partial charge is 1.00 e. The van der Waals surface area contributed by atoms with Gasteiger partial charge in [0.1, 0.15) is 0 Å². The summed E-state index contributed by atoms with van der Waals surface area (Å²) in [6, 6.07) is 55.9. The Labute approximate surface area is 366 Å². The molecule has 292 valence electrons. The van der Waals surface area contributed by atoms with Crippen LogP contribution in [0.15, 0.2) is 157 Å². The van der Waals surface area contributed by atoms with E-state index in [9.17, 15) is 0 Å². The Morgan fingerprint density at radius 2 is 0.797 bits per heavy atom. The molecule has 0 radical (unpaired) electrons. The molecule has 0 nitrogen and oxygen atoms in total. The summed E-state index contributed by atoms with van der Waals surface area (Å²) < 4.78 is 4.28. The van der Waals surface area contributed by atoms with Gasteiger partial charge in [-0.1, -0.05) is 0 Å². The van der Waals surface area contributed by atoms with Crippen LogP contribution in [0.3, 0.4) is 0 Å². The van der Waals surface area contributed by atoms with Crippen LogP contribution in [0.5, 0.6) is 0 Å². The zero-order valence-electron chi connectivity index (χ0n) is 34.1. The molecule has 0 N–H and O–H groups in total. The number of hydrogen-bond acceptors (Lipinski definition) is 0.